The second-order valence-electron chi connectivity index (χ2n) is 5.98. The van der Waals surface area contributed by atoms with Crippen molar-refractivity contribution < 1.29 is 0 Å². The van der Waals surface area contributed by atoms with Crippen molar-refractivity contribution >= 4 is 5.82 Å². The Labute approximate surface area is 123 Å². The zero-order valence-electron chi connectivity index (χ0n) is 13.2. The highest BCUT2D eigenvalue weighted by Crippen LogP contribution is 2.30. The summed E-state index contributed by atoms with van der Waals surface area (Å²) >= 11 is 0. The quantitative estimate of drug-likeness (QED) is 0.842. The molecule has 2 heterocycles. The van der Waals surface area contributed by atoms with Crippen molar-refractivity contribution in [3.05, 3.63) is 23.9 Å². The van der Waals surface area contributed by atoms with E-state index in [0.717, 1.165) is 12.2 Å². The third-order valence-electron chi connectivity index (χ3n) is 4.30. The second kappa shape index (κ2) is 7.63. The van der Waals surface area contributed by atoms with Crippen LogP contribution in [0.15, 0.2) is 18.3 Å². The highest BCUT2D eigenvalue weighted by molar-refractivity contribution is 5.37. The summed E-state index contributed by atoms with van der Waals surface area (Å²) < 4.78 is 0. The van der Waals surface area contributed by atoms with Crippen molar-refractivity contribution in [2.24, 2.45) is 0 Å². The molecule has 0 bridgehead atoms. The Morgan fingerprint density at radius 1 is 1.35 bits per heavy atom. The van der Waals surface area contributed by atoms with E-state index in [-0.39, 0.29) is 0 Å². The Bertz CT molecular complexity index is 386. The number of hydrogen-bond donors (Lipinski definition) is 1. The molecule has 0 saturated carbocycles. The van der Waals surface area contributed by atoms with Crippen LogP contribution in [0.2, 0.25) is 0 Å². The number of nitrogens with zero attached hydrogens (tertiary/aromatic N) is 2. The molecular weight excluding hydrogens is 246 g/mol. The SMILES string of the molecule is CCCN1CCCC[C@@H]1c1ccc(N[C@@H](C)CC)nc1. The molecule has 1 aromatic rings. The summed E-state index contributed by atoms with van der Waals surface area (Å²) in [7, 11) is 0. The lowest BCUT2D eigenvalue weighted by Crippen LogP contribution is -2.34. The van der Waals surface area contributed by atoms with Crippen LogP contribution in [0, 0.1) is 0 Å². The number of pyridine rings is 1. The predicted molar refractivity (Wildman–Crippen MR) is 86.1 cm³/mol. The van der Waals surface area contributed by atoms with E-state index < -0.39 is 0 Å². The minimum Gasteiger partial charge on any atom is -0.368 e. The summed E-state index contributed by atoms with van der Waals surface area (Å²) in [6, 6.07) is 5.46. The Morgan fingerprint density at radius 2 is 2.20 bits per heavy atom. The van der Waals surface area contributed by atoms with Crippen LogP contribution in [0.25, 0.3) is 0 Å². The van der Waals surface area contributed by atoms with Gasteiger partial charge in [-0.15, -0.1) is 0 Å². The molecule has 2 atom stereocenters. The smallest absolute Gasteiger partial charge is 0.126 e. The van der Waals surface area contributed by atoms with Gasteiger partial charge in [-0.25, -0.2) is 4.98 Å². The van der Waals surface area contributed by atoms with E-state index in [4.69, 9.17) is 0 Å². The fourth-order valence-corrected chi connectivity index (χ4v) is 2.97. The van der Waals surface area contributed by atoms with Crippen molar-refractivity contribution in [3.8, 4) is 0 Å². The van der Waals surface area contributed by atoms with Crippen LogP contribution < -0.4 is 5.32 Å². The molecule has 1 N–H and O–H groups in total. The summed E-state index contributed by atoms with van der Waals surface area (Å²) in [6.45, 7) is 9.10. The lowest BCUT2D eigenvalue weighted by molar-refractivity contribution is 0.149. The number of piperidine rings is 1. The van der Waals surface area contributed by atoms with Crippen molar-refractivity contribution in [3.63, 3.8) is 0 Å². The molecule has 3 nitrogen and oxygen atoms in total. The molecule has 0 unspecified atom stereocenters. The lowest BCUT2D eigenvalue weighted by atomic mass is 9.96. The number of aromatic nitrogens is 1. The van der Waals surface area contributed by atoms with Gasteiger partial charge in [0.25, 0.3) is 0 Å². The average Bonchev–Trinajstić information content (AvgIpc) is 2.49. The Morgan fingerprint density at radius 3 is 2.85 bits per heavy atom. The number of hydrogen-bond acceptors (Lipinski definition) is 3. The highest BCUT2D eigenvalue weighted by Gasteiger charge is 2.23. The maximum atomic E-state index is 4.60. The van der Waals surface area contributed by atoms with E-state index in [1.54, 1.807) is 0 Å². The zero-order chi connectivity index (χ0) is 14.4. The average molecular weight is 275 g/mol. The molecule has 0 radical (unpaired) electrons. The largest absolute Gasteiger partial charge is 0.368 e. The first-order valence-electron chi connectivity index (χ1n) is 8.21. The van der Waals surface area contributed by atoms with Crippen LogP contribution in [0.5, 0.6) is 0 Å². The molecule has 112 valence electrons. The monoisotopic (exact) mass is 275 g/mol. The van der Waals surface area contributed by atoms with Gasteiger partial charge < -0.3 is 5.32 Å². The lowest BCUT2D eigenvalue weighted by Gasteiger charge is -2.35. The van der Waals surface area contributed by atoms with E-state index >= 15 is 0 Å². The van der Waals surface area contributed by atoms with Gasteiger partial charge in [0, 0.05) is 18.3 Å². The van der Waals surface area contributed by atoms with E-state index in [9.17, 15) is 0 Å². The first-order valence-corrected chi connectivity index (χ1v) is 8.21. The molecule has 20 heavy (non-hydrogen) atoms. The fourth-order valence-electron chi connectivity index (χ4n) is 2.97. The van der Waals surface area contributed by atoms with Gasteiger partial charge >= 0.3 is 0 Å². The predicted octanol–water partition coefficient (Wildman–Crippen LogP) is 4.23. The first-order chi connectivity index (χ1) is 9.74. The third kappa shape index (κ3) is 3.95. The third-order valence-corrected chi connectivity index (χ3v) is 4.30. The molecule has 3 heteroatoms. The number of nitrogens with one attached hydrogen (secondary N) is 1. The summed E-state index contributed by atoms with van der Waals surface area (Å²) in [4.78, 5) is 7.23. The van der Waals surface area contributed by atoms with Gasteiger partial charge in [0.2, 0.25) is 0 Å². The van der Waals surface area contributed by atoms with Gasteiger partial charge in [-0.3, -0.25) is 4.90 Å². The minimum atomic E-state index is 0.486. The topological polar surface area (TPSA) is 28.2 Å². The Hall–Kier alpha value is -1.09. The molecule has 0 amide bonds. The van der Waals surface area contributed by atoms with Crippen LogP contribution in [0.1, 0.15) is 64.5 Å². The van der Waals surface area contributed by atoms with Gasteiger partial charge in [0.1, 0.15) is 5.82 Å². The Balaban J connectivity index is 2.03. The maximum absolute atomic E-state index is 4.60. The molecule has 1 aromatic heterocycles. The molecule has 1 aliphatic heterocycles. The zero-order valence-corrected chi connectivity index (χ0v) is 13.2. The van der Waals surface area contributed by atoms with Crippen LogP contribution in [-0.4, -0.2) is 29.0 Å². The Kier molecular flexibility index (Phi) is 5.84. The van der Waals surface area contributed by atoms with Crippen molar-refractivity contribution in [1.82, 2.24) is 9.88 Å². The molecule has 0 aromatic carbocycles. The maximum Gasteiger partial charge on any atom is 0.126 e. The minimum absolute atomic E-state index is 0.486. The molecule has 0 spiro atoms. The summed E-state index contributed by atoms with van der Waals surface area (Å²) in [5.74, 6) is 1.00. The molecule has 0 aliphatic carbocycles. The molecule has 1 aliphatic rings. The molecule has 1 fully saturated rings. The van der Waals surface area contributed by atoms with Gasteiger partial charge in [-0.2, -0.15) is 0 Å². The second-order valence-corrected chi connectivity index (χ2v) is 5.98. The number of likely N-dealkylation sites (tertiary alicyclic amines) is 1. The molecular formula is C17H29N3. The van der Waals surface area contributed by atoms with Crippen LogP contribution in [0.3, 0.4) is 0 Å². The normalized spacial score (nSPS) is 21.6. The van der Waals surface area contributed by atoms with E-state index in [1.165, 1.54) is 44.3 Å². The fraction of sp³-hybridized carbons (Fsp3) is 0.706. The van der Waals surface area contributed by atoms with Gasteiger partial charge in [-0.1, -0.05) is 26.3 Å². The van der Waals surface area contributed by atoms with Crippen molar-refractivity contribution in [2.45, 2.75) is 65.0 Å². The summed E-state index contributed by atoms with van der Waals surface area (Å²) in [6.07, 6.45) is 8.40. The van der Waals surface area contributed by atoms with Crippen molar-refractivity contribution in [2.75, 3.05) is 18.4 Å². The number of rotatable bonds is 6. The van der Waals surface area contributed by atoms with Crippen molar-refractivity contribution in [1.29, 1.82) is 0 Å². The highest BCUT2D eigenvalue weighted by atomic mass is 15.2. The van der Waals surface area contributed by atoms with Crippen LogP contribution in [0.4, 0.5) is 5.82 Å². The molecule has 2 rings (SSSR count). The standard InChI is InChI=1S/C17H29N3/c1-4-11-20-12-7-6-8-16(20)15-9-10-17(18-13-15)19-14(3)5-2/h9-10,13-14,16H,4-8,11-12H2,1-3H3,(H,18,19)/t14-,16+/m0/s1. The first kappa shape index (κ1) is 15.3. The summed E-state index contributed by atoms with van der Waals surface area (Å²) in [5, 5.41) is 3.43. The van der Waals surface area contributed by atoms with Gasteiger partial charge in [-0.05, 0) is 57.3 Å². The number of anilines is 1. The van der Waals surface area contributed by atoms with Crippen LogP contribution in [-0.2, 0) is 0 Å². The van der Waals surface area contributed by atoms with Crippen LogP contribution >= 0.6 is 0 Å². The van der Waals surface area contributed by atoms with E-state index in [0.29, 0.717) is 12.1 Å². The molecule has 1 saturated heterocycles. The van der Waals surface area contributed by atoms with Gasteiger partial charge in [0.05, 0.1) is 0 Å². The van der Waals surface area contributed by atoms with E-state index in [1.807, 2.05) is 0 Å². The summed E-state index contributed by atoms with van der Waals surface area (Å²) in [5.41, 5.74) is 1.38. The van der Waals surface area contributed by atoms with E-state index in [2.05, 4.69) is 54.3 Å². The van der Waals surface area contributed by atoms with Gasteiger partial charge in [0.15, 0.2) is 0 Å².